The number of carbonyl (C=O) groups excluding carboxylic acids is 4. The van der Waals surface area contributed by atoms with Crippen LogP contribution in [0.15, 0.2) is 42.5 Å². The van der Waals surface area contributed by atoms with E-state index in [9.17, 15) is 29.3 Å². The second-order valence-electron chi connectivity index (χ2n) is 7.65. The van der Waals surface area contributed by atoms with Crippen LogP contribution in [0.2, 0.25) is 30.1 Å². The number of carbonyl (C=O) groups is 4. The van der Waals surface area contributed by atoms with E-state index in [1.54, 1.807) is 0 Å². The highest BCUT2D eigenvalue weighted by Gasteiger charge is 2.46. The number of imide groups is 1. The molecule has 1 aliphatic rings. The summed E-state index contributed by atoms with van der Waals surface area (Å²) in [5, 5.41) is 10.8. The number of halogens is 6. The number of amides is 3. The van der Waals surface area contributed by atoms with E-state index in [1.807, 2.05) is 0 Å². The second kappa shape index (κ2) is 10.7. The van der Waals surface area contributed by atoms with Crippen LogP contribution in [0.3, 0.4) is 0 Å². The Balaban J connectivity index is 1.83. The van der Waals surface area contributed by atoms with Gasteiger partial charge in [0.25, 0.3) is 23.4 Å². The first-order chi connectivity index (χ1) is 17.8. The standard InChI is InChI=1S/C23H9Cl6N3O6/c24-12-5-4-10(7-13(12)25)21(34)30(8-14(33)9-2-1-3-11(6-9)32(37)38)31-22(35)15-16(23(31)36)18(27)20(29)19(28)17(15)26/h1-7H,8H2. The predicted octanol–water partition coefficient (Wildman–Crippen LogP) is 7.05. The number of ketones is 1. The van der Waals surface area contributed by atoms with E-state index in [2.05, 4.69) is 0 Å². The highest BCUT2D eigenvalue weighted by molar-refractivity contribution is 6.55. The molecule has 15 heteroatoms. The number of hydrazine groups is 1. The van der Waals surface area contributed by atoms with Gasteiger partial charge in [-0.05, 0) is 18.2 Å². The Morgan fingerprint density at radius 1 is 0.789 bits per heavy atom. The van der Waals surface area contributed by atoms with Gasteiger partial charge >= 0.3 is 0 Å². The predicted molar refractivity (Wildman–Crippen MR) is 142 cm³/mol. The first kappa shape index (κ1) is 28.1. The van der Waals surface area contributed by atoms with E-state index >= 15 is 0 Å². The summed E-state index contributed by atoms with van der Waals surface area (Å²) in [6.07, 6.45) is 0. The number of fused-ring (bicyclic) bond motifs is 1. The molecule has 0 spiro atoms. The van der Waals surface area contributed by atoms with Crippen LogP contribution in [0, 0.1) is 10.1 Å². The number of nitro groups is 1. The lowest BCUT2D eigenvalue weighted by Gasteiger charge is -2.29. The zero-order valence-corrected chi connectivity index (χ0v) is 22.8. The number of Topliss-reactive ketones (excluding diaryl/α,β-unsaturated/α-hetero) is 1. The van der Waals surface area contributed by atoms with E-state index in [-0.39, 0.29) is 47.0 Å². The third-order valence-corrected chi connectivity index (χ3v) is 7.94. The summed E-state index contributed by atoms with van der Waals surface area (Å²) in [5.74, 6) is -4.08. The number of rotatable bonds is 6. The summed E-state index contributed by atoms with van der Waals surface area (Å²) in [5.41, 5.74) is -1.54. The van der Waals surface area contributed by atoms with Crippen LogP contribution in [-0.2, 0) is 0 Å². The molecule has 38 heavy (non-hydrogen) atoms. The van der Waals surface area contributed by atoms with Crippen LogP contribution >= 0.6 is 69.6 Å². The van der Waals surface area contributed by atoms with Crippen molar-refractivity contribution in [3.05, 3.63) is 105 Å². The zero-order chi connectivity index (χ0) is 28.0. The van der Waals surface area contributed by atoms with Crippen LogP contribution in [-0.4, -0.2) is 45.0 Å². The highest BCUT2D eigenvalue weighted by Crippen LogP contribution is 2.45. The summed E-state index contributed by atoms with van der Waals surface area (Å²) >= 11 is 36.4. The minimum absolute atomic E-state index is 0.0190. The number of nitro benzene ring substituents is 1. The SMILES string of the molecule is O=C(CN(C(=O)c1ccc(Cl)c(Cl)c1)N1C(=O)c2c(Cl)c(Cl)c(Cl)c(Cl)c2C1=O)c1cccc([N+](=O)[O-])c1. The Hall–Kier alpha value is -2.92. The second-order valence-corrected chi connectivity index (χ2v) is 9.98. The van der Waals surface area contributed by atoms with Crippen LogP contribution in [0.1, 0.15) is 41.4 Å². The van der Waals surface area contributed by atoms with Crippen molar-refractivity contribution in [2.75, 3.05) is 6.54 Å². The Labute approximate surface area is 243 Å². The van der Waals surface area contributed by atoms with Gasteiger partial charge in [0.15, 0.2) is 5.78 Å². The maximum absolute atomic E-state index is 13.6. The number of non-ortho nitro benzene ring substituents is 1. The molecule has 0 aromatic heterocycles. The number of nitrogens with zero attached hydrogens (tertiary/aromatic N) is 3. The van der Waals surface area contributed by atoms with Gasteiger partial charge in [0.2, 0.25) is 0 Å². The minimum Gasteiger partial charge on any atom is -0.292 e. The van der Waals surface area contributed by atoms with E-state index in [0.29, 0.717) is 10.0 Å². The zero-order valence-electron chi connectivity index (χ0n) is 18.3. The molecule has 0 radical (unpaired) electrons. The molecule has 0 bridgehead atoms. The molecular formula is C23H9Cl6N3O6. The minimum atomic E-state index is -1.12. The summed E-state index contributed by atoms with van der Waals surface area (Å²) in [6, 6.07) is 8.41. The molecule has 3 aromatic rings. The maximum atomic E-state index is 13.6. The summed E-state index contributed by atoms with van der Waals surface area (Å²) in [7, 11) is 0. The Morgan fingerprint density at radius 2 is 1.37 bits per heavy atom. The van der Waals surface area contributed by atoms with Gasteiger partial charge in [0, 0.05) is 23.3 Å². The molecule has 194 valence electrons. The summed E-state index contributed by atoms with van der Waals surface area (Å²) < 4.78 is 0. The Morgan fingerprint density at radius 3 is 1.89 bits per heavy atom. The molecule has 0 atom stereocenters. The normalized spacial score (nSPS) is 12.5. The van der Waals surface area contributed by atoms with E-state index < -0.39 is 46.1 Å². The van der Waals surface area contributed by atoms with Gasteiger partial charge in [-0.25, -0.2) is 5.01 Å². The first-order valence-electron chi connectivity index (χ1n) is 10.1. The fourth-order valence-corrected chi connectivity index (χ4v) is 4.90. The van der Waals surface area contributed by atoms with Crippen molar-refractivity contribution in [2.24, 2.45) is 0 Å². The van der Waals surface area contributed by atoms with Gasteiger partial charge in [-0.2, -0.15) is 5.01 Å². The molecular weight excluding hydrogens is 627 g/mol. The van der Waals surface area contributed by atoms with Crippen molar-refractivity contribution in [2.45, 2.75) is 0 Å². The van der Waals surface area contributed by atoms with Crippen molar-refractivity contribution < 1.29 is 24.1 Å². The summed E-state index contributed by atoms with van der Waals surface area (Å²) in [4.78, 5) is 64.0. The van der Waals surface area contributed by atoms with Gasteiger partial charge in [-0.15, -0.1) is 0 Å². The molecule has 3 aromatic carbocycles. The fraction of sp³-hybridized carbons (Fsp3) is 0.0435. The molecule has 0 saturated carbocycles. The van der Waals surface area contributed by atoms with Crippen molar-refractivity contribution in [3.8, 4) is 0 Å². The molecule has 3 amide bonds. The smallest absolute Gasteiger partial charge is 0.282 e. The monoisotopic (exact) mass is 633 g/mol. The molecule has 0 saturated heterocycles. The van der Waals surface area contributed by atoms with Gasteiger partial charge in [0.1, 0.15) is 6.54 Å². The largest absolute Gasteiger partial charge is 0.292 e. The molecule has 0 unspecified atom stereocenters. The average molecular weight is 636 g/mol. The van der Waals surface area contributed by atoms with Crippen molar-refractivity contribution in [3.63, 3.8) is 0 Å². The van der Waals surface area contributed by atoms with Crippen molar-refractivity contribution >= 4 is 98.8 Å². The average Bonchev–Trinajstić information content (AvgIpc) is 3.15. The van der Waals surface area contributed by atoms with Gasteiger partial charge in [0.05, 0.1) is 46.2 Å². The van der Waals surface area contributed by atoms with E-state index in [4.69, 9.17) is 69.6 Å². The number of hydrogen-bond donors (Lipinski definition) is 0. The molecule has 1 aliphatic heterocycles. The molecule has 0 aliphatic carbocycles. The molecule has 1 heterocycles. The molecule has 9 nitrogen and oxygen atoms in total. The van der Waals surface area contributed by atoms with Crippen molar-refractivity contribution in [1.82, 2.24) is 10.0 Å². The molecule has 4 rings (SSSR count). The topological polar surface area (TPSA) is 118 Å². The van der Waals surface area contributed by atoms with Gasteiger partial charge < -0.3 is 0 Å². The van der Waals surface area contributed by atoms with Gasteiger partial charge in [-0.3, -0.25) is 29.3 Å². The van der Waals surface area contributed by atoms with E-state index in [1.165, 1.54) is 30.3 Å². The number of hydrogen-bond acceptors (Lipinski definition) is 6. The lowest BCUT2D eigenvalue weighted by Crippen LogP contribution is -2.51. The third-order valence-electron chi connectivity index (χ3n) is 5.39. The molecule has 0 fully saturated rings. The van der Waals surface area contributed by atoms with Crippen LogP contribution in [0.4, 0.5) is 5.69 Å². The summed E-state index contributed by atoms with van der Waals surface area (Å²) in [6.45, 7) is -0.900. The Bertz CT molecular complexity index is 1550. The number of benzene rings is 3. The lowest BCUT2D eigenvalue weighted by atomic mass is 10.1. The fourth-order valence-electron chi connectivity index (χ4n) is 3.59. The quantitative estimate of drug-likeness (QED) is 0.0715. The van der Waals surface area contributed by atoms with Crippen molar-refractivity contribution in [1.29, 1.82) is 0 Å². The maximum Gasteiger partial charge on any atom is 0.282 e. The Kier molecular flexibility index (Phi) is 7.90. The van der Waals surface area contributed by atoms with E-state index in [0.717, 1.165) is 12.1 Å². The van der Waals surface area contributed by atoms with Crippen LogP contribution < -0.4 is 0 Å². The molecule has 0 N–H and O–H groups in total. The van der Waals surface area contributed by atoms with Crippen LogP contribution in [0.25, 0.3) is 0 Å². The lowest BCUT2D eigenvalue weighted by molar-refractivity contribution is -0.384. The van der Waals surface area contributed by atoms with Gasteiger partial charge in [-0.1, -0.05) is 81.7 Å². The third kappa shape index (κ3) is 4.82. The first-order valence-corrected chi connectivity index (χ1v) is 12.4. The highest BCUT2D eigenvalue weighted by atomic mass is 35.5. The van der Waals surface area contributed by atoms with Crippen LogP contribution in [0.5, 0.6) is 0 Å².